The summed E-state index contributed by atoms with van der Waals surface area (Å²) in [7, 11) is 1.06. The summed E-state index contributed by atoms with van der Waals surface area (Å²) in [5, 5.41) is 0. The third-order valence-corrected chi connectivity index (χ3v) is 1.20. The van der Waals surface area contributed by atoms with Crippen molar-refractivity contribution in [1.82, 2.24) is 0 Å². The van der Waals surface area contributed by atoms with E-state index in [9.17, 15) is 14.4 Å². The van der Waals surface area contributed by atoms with Gasteiger partial charge in [0.15, 0.2) is 0 Å². The molecular formula is C8H10O4. The lowest BCUT2D eigenvalue weighted by Crippen LogP contribution is -2.24. The zero-order valence-corrected chi connectivity index (χ0v) is 6.83. The van der Waals surface area contributed by atoms with Crippen LogP contribution in [0.1, 0.15) is 12.8 Å². The summed E-state index contributed by atoms with van der Waals surface area (Å²) in [6.07, 6.45) is 1.90. The summed E-state index contributed by atoms with van der Waals surface area (Å²) in [6, 6.07) is 0. The van der Waals surface area contributed by atoms with E-state index in [1.165, 1.54) is 6.08 Å². The van der Waals surface area contributed by atoms with Gasteiger partial charge in [-0.25, -0.2) is 4.79 Å². The predicted octanol–water partition coefficient (Wildman–Crippen LogP) is 0.264. The van der Waals surface area contributed by atoms with E-state index in [1.54, 1.807) is 0 Å². The molecule has 0 rings (SSSR count). The molecule has 4 nitrogen and oxygen atoms in total. The molecule has 12 heavy (non-hydrogen) atoms. The summed E-state index contributed by atoms with van der Waals surface area (Å²) >= 11 is 0. The average Bonchev–Trinajstić information content (AvgIpc) is 2.11. The second kappa shape index (κ2) is 5.23. The van der Waals surface area contributed by atoms with Crippen LogP contribution in [0.5, 0.6) is 0 Å². The predicted molar refractivity (Wildman–Crippen MR) is 41.5 cm³/mol. The van der Waals surface area contributed by atoms with Gasteiger partial charge in [0.05, 0.1) is 7.11 Å². The van der Waals surface area contributed by atoms with Crippen molar-refractivity contribution >= 4 is 17.5 Å². The molecule has 0 radical (unpaired) electrons. The van der Waals surface area contributed by atoms with Gasteiger partial charge in [-0.1, -0.05) is 6.08 Å². The second-order valence-electron chi connectivity index (χ2n) is 2.07. The molecule has 0 saturated carbocycles. The van der Waals surface area contributed by atoms with Gasteiger partial charge in [0.2, 0.25) is 5.78 Å². The number of hydrogen-bond acceptors (Lipinski definition) is 4. The third-order valence-electron chi connectivity index (χ3n) is 1.20. The Labute approximate surface area is 70.2 Å². The maximum atomic E-state index is 10.8. The van der Waals surface area contributed by atoms with Crippen molar-refractivity contribution in [3.05, 3.63) is 12.7 Å². The van der Waals surface area contributed by atoms with Crippen LogP contribution in [-0.4, -0.2) is 24.6 Å². The van der Waals surface area contributed by atoms with Crippen LogP contribution < -0.4 is 0 Å². The average molecular weight is 170 g/mol. The lowest BCUT2D eigenvalue weighted by molar-refractivity contribution is -0.155. The van der Waals surface area contributed by atoms with E-state index in [0.29, 0.717) is 6.42 Å². The lowest BCUT2D eigenvalue weighted by Gasteiger charge is -1.95. The molecule has 0 atom stereocenters. The minimum absolute atomic E-state index is 0.0113. The molecule has 4 heteroatoms. The third kappa shape index (κ3) is 3.09. The van der Waals surface area contributed by atoms with E-state index in [0.717, 1.165) is 7.11 Å². The molecular weight excluding hydrogens is 160 g/mol. The summed E-state index contributed by atoms with van der Waals surface area (Å²) < 4.78 is 4.08. The maximum Gasteiger partial charge on any atom is 0.382 e. The summed E-state index contributed by atoms with van der Waals surface area (Å²) in [6.45, 7) is 3.38. The SMILES string of the molecule is C=CCCC(=O)C(=O)C(=O)OC. The van der Waals surface area contributed by atoms with Crippen LogP contribution in [0.25, 0.3) is 0 Å². The van der Waals surface area contributed by atoms with Crippen LogP contribution in [0.3, 0.4) is 0 Å². The molecule has 0 saturated heterocycles. The number of ether oxygens (including phenoxy) is 1. The first kappa shape index (κ1) is 10.6. The van der Waals surface area contributed by atoms with E-state index in [1.807, 2.05) is 0 Å². The number of ketones is 2. The topological polar surface area (TPSA) is 60.4 Å². The molecule has 0 fully saturated rings. The first-order chi connectivity index (χ1) is 5.63. The Morgan fingerprint density at radius 2 is 2.00 bits per heavy atom. The number of methoxy groups -OCH3 is 1. The van der Waals surface area contributed by atoms with Crippen LogP contribution in [0.15, 0.2) is 12.7 Å². The van der Waals surface area contributed by atoms with Gasteiger partial charge in [-0.15, -0.1) is 6.58 Å². The molecule has 0 bridgehead atoms. The highest BCUT2D eigenvalue weighted by atomic mass is 16.5. The van der Waals surface area contributed by atoms with E-state index >= 15 is 0 Å². The summed E-state index contributed by atoms with van der Waals surface area (Å²) in [5.41, 5.74) is 0. The number of carbonyl (C=O) groups excluding carboxylic acids is 3. The Morgan fingerprint density at radius 1 is 1.42 bits per heavy atom. The number of carbonyl (C=O) groups is 3. The first-order valence-electron chi connectivity index (χ1n) is 3.39. The lowest BCUT2D eigenvalue weighted by atomic mass is 10.1. The van der Waals surface area contributed by atoms with Crippen LogP contribution in [0, 0.1) is 0 Å². The van der Waals surface area contributed by atoms with Crippen LogP contribution >= 0.6 is 0 Å². The van der Waals surface area contributed by atoms with Crippen LogP contribution in [0.4, 0.5) is 0 Å². The summed E-state index contributed by atoms with van der Waals surface area (Å²) in [4.78, 5) is 32.0. The highest BCUT2D eigenvalue weighted by molar-refractivity contribution is 6.62. The van der Waals surface area contributed by atoms with E-state index < -0.39 is 17.5 Å². The Morgan fingerprint density at radius 3 is 2.42 bits per heavy atom. The maximum absolute atomic E-state index is 10.8. The largest absolute Gasteiger partial charge is 0.463 e. The number of esters is 1. The van der Waals surface area contributed by atoms with E-state index in [2.05, 4.69) is 11.3 Å². The van der Waals surface area contributed by atoms with Gasteiger partial charge in [-0.05, 0) is 6.42 Å². The standard InChI is InChI=1S/C8H10O4/c1-3-4-5-6(9)7(10)8(11)12-2/h3H,1,4-5H2,2H3. The minimum atomic E-state index is -1.11. The Balaban J connectivity index is 4.01. The van der Waals surface area contributed by atoms with Crippen molar-refractivity contribution in [1.29, 1.82) is 0 Å². The van der Waals surface area contributed by atoms with Crippen molar-refractivity contribution in [3.8, 4) is 0 Å². The van der Waals surface area contributed by atoms with Gasteiger partial charge in [-0.3, -0.25) is 9.59 Å². The molecule has 0 aromatic heterocycles. The summed E-state index contributed by atoms with van der Waals surface area (Å²) in [5.74, 6) is -2.94. The second-order valence-corrected chi connectivity index (χ2v) is 2.07. The molecule has 0 aliphatic heterocycles. The number of allylic oxidation sites excluding steroid dienone is 1. The molecule has 0 heterocycles. The van der Waals surface area contributed by atoms with Gasteiger partial charge >= 0.3 is 11.8 Å². The van der Waals surface area contributed by atoms with Crippen molar-refractivity contribution in [2.75, 3.05) is 7.11 Å². The number of Topliss-reactive ketones (excluding diaryl/α,β-unsaturated/α-hetero) is 2. The molecule has 66 valence electrons. The molecule has 0 aromatic carbocycles. The van der Waals surface area contributed by atoms with Crippen molar-refractivity contribution in [2.24, 2.45) is 0 Å². The molecule has 0 aromatic rings. The van der Waals surface area contributed by atoms with Gasteiger partial charge in [-0.2, -0.15) is 0 Å². The number of rotatable bonds is 5. The van der Waals surface area contributed by atoms with Gasteiger partial charge in [0.1, 0.15) is 0 Å². The molecule has 0 aliphatic rings. The molecule has 0 N–H and O–H groups in total. The van der Waals surface area contributed by atoms with Crippen molar-refractivity contribution in [3.63, 3.8) is 0 Å². The Hall–Kier alpha value is -1.45. The Kier molecular flexibility index (Phi) is 4.60. The zero-order valence-electron chi connectivity index (χ0n) is 6.83. The van der Waals surface area contributed by atoms with Crippen molar-refractivity contribution in [2.45, 2.75) is 12.8 Å². The molecule has 0 spiro atoms. The molecule has 0 amide bonds. The highest BCUT2D eigenvalue weighted by Gasteiger charge is 2.21. The van der Waals surface area contributed by atoms with Gasteiger partial charge < -0.3 is 4.74 Å². The minimum Gasteiger partial charge on any atom is -0.463 e. The zero-order chi connectivity index (χ0) is 9.56. The van der Waals surface area contributed by atoms with Crippen LogP contribution in [-0.2, 0) is 19.1 Å². The smallest absolute Gasteiger partial charge is 0.382 e. The fraction of sp³-hybridized carbons (Fsp3) is 0.375. The number of hydrogen-bond donors (Lipinski definition) is 0. The van der Waals surface area contributed by atoms with Gasteiger partial charge in [0, 0.05) is 6.42 Å². The highest BCUT2D eigenvalue weighted by Crippen LogP contribution is 1.93. The van der Waals surface area contributed by atoms with Crippen molar-refractivity contribution < 1.29 is 19.1 Å². The van der Waals surface area contributed by atoms with Gasteiger partial charge in [0.25, 0.3) is 0 Å². The fourth-order valence-corrected chi connectivity index (χ4v) is 0.553. The molecule has 0 unspecified atom stereocenters. The normalized spacial score (nSPS) is 8.75. The van der Waals surface area contributed by atoms with E-state index in [4.69, 9.17) is 0 Å². The fourth-order valence-electron chi connectivity index (χ4n) is 0.553. The Bertz CT molecular complexity index is 217. The monoisotopic (exact) mass is 170 g/mol. The van der Waals surface area contributed by atoms with E-state index in [-0.39, 0.29) is 6.42 Å². The van der Waals surface area contributed by atoms with Crippen LogP contribution in [0.2, 0.25) is 0 Å². The molecule has 0 aliphatic carbocycles. The first-order valence-corrected chi connectivity index (χ1v) is 3.39. The quantitative estimate of drug-likeness (QED) is 0.257.